The van der Waals surface area contributed by atoms with E-state index in [2.05, 4.69) is 10.1 Å². The fourth-order valence-corrected chi connectivity index (χ4v) is 1.80. The Morgan fingerprint density at radius 2 is 2.24 bits per heavy atom. The predicted molar refractivity (Wildman–Crippen MR) is 62.9 cm³/mol. The van der Waals surface area contributed by atoms with Crippen molar-refractivity contribution < 1.29 is 4.39 Å². The third-order valence-corrected chi connectivity index (χ3v) is 2.71. The lowest BCUT2D eigenvalue weighted by Crippen LogP contribution is -2.19. The summed E-state index contributed by atoms with van der Waals surface area (Å²) in [6.07, 6.45) is 1.44. The Morgan fingerprint density at radius 1 is 1.47 bits per heavy atom. The number of hydrogen-bond acceptors (Lipinski definition) is 3. The summed E-state index contributed by atoms with van der Waals surface area (Å²) >= 11 is 0. The van der Waals surface area contributed by atoms with Crippen LogP contribution in [0.3, 0.4) is 0 Å². The van der Waals surface area contributed by atoms with Gasteiger partial charge in [-0.3, -0.25) is 0 Å². The zero-order valence-corrected chi connectivity index (χ0v) is 9.89. The number of rotatable bonds is 3. The van der Waals surface area contributed by atoms with Crippen molar-refractivity contribution in [2.45, 2.75) is 26.4 Å². The van der Waals surface area contributed by atoms with Gasteiger partial charge in [-0.15, -0.1) is 0 Å². The monoisotopic (exact) mass is 234 g/mol. The van der Waals surface area contributed by atoms with E-state index >= 15 is 0 Å². The largest absolute Gasteiger partial charge is 0.318 e. The normalized spacial score (nSPS) is 12.7. The van der Waals surface area contributed by atoms with Crippen LogP contribution in [-0.4, -0.2) is 14.8 Å². The van der Waals surface area contributed by atoms with Gasteiger partial charge in [0.05, 0.1) is 6.04 Å². The summed E-state index contributed by atoms with van der Waals surface area (Å²) in [6.45, 7) is 4.51. The van der Waals surface area contributed by atoms with Crippen molar-refractivity contribution in [2.75, 3.05) is 0 Å². The SMILES string of the molecule is CCn1ncnc1C(N)c1cc(C)ccc1F. The molecule has 90 valence electrons. The minimum Gasteiger partial charge on any atom is -0.318 e. The van der Waals surface area contributed by atoms with E-state index in [4.69, 9.17) is 5.73 Å². The summed E-state index contributed by atoms with van der Waals surface area (Å²) in [5, 5.41) is 4.04. The van der Waals surface area contributed by atoms with Crippen LogP contribution >= 0.6 is 0 Å². The molecule has 0 bridgehead atoms. The van der Waals surface area contributed by atoms with E-state index in [0.29, 0.717) is 17.9 Å². The molecule has 1 unspecified atom stereocenters. The van der Waals surface area contributed by atoms with Gasteiger partial charge in [0.15, 0.2) is 0 Å². The molecular formula is C12H15FN4. The van der Waals surface area contributed by atoms with Gasteiger partial charge in [-0.25, -0.2) is 14.1 Å². The third-order valence-electron chi connectivity index (χ3n) is 2.71. The van der Waals surface area contributed by atoms with E-state index in [0.717, 1.165) is 5.56 Å². The van der Waals surface area contributed by atoms with Crippen LogP contribution < -0.4 is 5.73 Å². The van der Waals surface area contributed by atoms with Gasteiger partial charge in [-0.1, -0.05) is 17.7 Å². The summed E-state index contributed by atoms with van der Waals surface area (Å²) in [5.41, 5.74) is 7.47. The Labute approximate surface area is 99.3 Å². The molecule has 2 N–H and O–H groups in total. The summed E-state index contributed by atoms with van der Waals surface area (Å²) in [4.78, 5) is 4.09. The number of aromatic nitrogens is 3. The fourth-order valence-electron chi connectivity index (χ4n) is 1.80. The van der Waals surface area contributed by atoms with Crippen LogP contribution in [0.15, 0.2) is 24.5 Å². The standard InChI is InChI=1S/C12H15FN4/c1-3-17-12(15-7-16-17)11(14)9-6-8(2)4-5-10(9)13/h4-7,11H,3,14H2,1-2H3. The molecule has 0 saturated carbocycles. The van der Waals surface area contributed by atoms with Crippen molar-refractivity contribution in [2.24, 2.45) is 5.73 Å². The minimum atomic E-state index is -0.586. The average molecular weight is 234 g/mol. The summed E-state index contributed by atoms with van der Waals surface area (Å²) in [5.74, 6) is 0.269. The Morgan fingerprint density at radius 3 is 2.94 bits per heavy atom. The van der Waals surface area contributed by atoms with Crippen LogP contribution in [0.4, 0.5) is 4.39 Å². The van der Waals surface area contributed by atoms with Crippen LogP contribution in [0.25, 0.3) is 0 Å². The maximum atomic E-state index is 13.7. The van der Waals surface area contributed by atoms with Crippen LogP contribution in [0, 0.1) is 12.7 Å². The highest BCUT2D eigenvalue weighted by Gasteiger charge is 2.18. The highest BCUT2D eigenvalue weighted by Crippen LogP contribution is 2.21. The molecule has 0 spiro atoms. The van der Waals surface area contributed by atoms with Gasteiger partial charge in [-0.2, -0.15) is 5.10 Å². The maximum absolute atomic E-state index is 13.7. The molecule has 0 fully saturated rings. The number of benzene rings is 1. The molecule has 2 rings (SSSR count). The van der Waals surface area contributed by atoms with Gasteiger partial charge in [0.1, 0.15) is 18.0 Å². The second kappa shape index (κ2) is 4.63. The van der Waals surface area contributed by atoms with E-state index in [1.807, 2.05) is 13.8 Å². The molecule has 1 aromatic carbocycles. The first kappa shape index (κ1) is 11.7. The van der Waals surface area contributed by atoms with Gasteiger partial charge in [0.2, 0.25) is 0 Å². The lowest BCUT2D eigenvalue weighted by atomic mass is 10.0. The molecule has 0 aliphatic carbocycles. The van der Waals surface area contributed by atoms with Crippen molar-refractivity contribution >= 4 is 0 Å². The van der Waals surface area contributed by atoms with E-state index in [1.54, 1.807) is 16.8 Å². The fraction of sp³-hybridized carbons (Fsp3) is 0.333. The first-order chi connectivity index (χ1) is 8.13. The van der Waals surface area contributed by atoms with Gasteiger partial charge < -0.3 is 5.73 Å². The molecule has 4 nitrogen and oxygen atoms in total. The molecule has 1 atom stereocenters. The lowest BCUT2D eigenvalue weighted by molar-refractivity contribution is 0.560. The Kier molecular flexibility index (Phi) is 3.19. The van der Waals surface area contributed by atoms with Crippen LogP contribution in [0.2, 0.25) is 0 Å². The molecule has 0 amide bonds. The second-order valence-corrected chi connectivity index (χ2v) is 3.94. The summed E-state index contributed by atoms with van der Waals surface area (Å²) in [7, 11) is 0. The number of hydrogen-bond donors (Lipinski definition) is 1. The van der Waals surface area contributed by atoms with Gasteiger partial charge in [0, 0.05) is 12.1 Å². The van der Waals surface area contributed by atoms with Crippen molar-refractivity contribution in [1.29, 1.82) is 0 Å². The zero-order valence-electron chi connectivity index (χ0n) is 9.89. The minimum absolute atomic E-state index is 0.311. The molecule has 1 aromatic heterocycles. The van der Waals surface area contributed by atoms with Gasteiger partial charge in [0.25, 0.3) is 0 Å². The molecule has 5 heteroatoms. The van der Waals surface area contributed by atoms with Gasteiger partial charge in [-0.05, 0) is 19.9 Å². The highest BCUT2D eigenvalue weighted by atomic mass is 19.1. The van der Waals surface area contributed by atoms with Crippen LogP contribution in [0.5, 0.6) is 0 Å². The summed E-state index contributed by atoms with van der Waals surface area (Å²) in [6, 6.07) is 4.31. The molecule has 17 heavy (non-hydrogen) atoms. The third kappa shape index (κ3) is 2.19. The predicted octanol–water partition coefficient (Wildman–Crippen LogP) is 1.79. The molecule has 2 aromatic rings. The molecule has 0 aliphatic heterocycles. The zero-order chi connectivity index (χ0) is 12.4. The Bertz CT molecular complexity index is 521. The second-order valence-electron chi connectivity index (χ2n) is 3.94. The lowest BCUT2D eigenvalue weighted by Gasteiger charge is -2.13. The molecular weight excluding hydrogens is 219 g/mol. The maximum Gasteiger partial charge on any atom is 0.148 e. The van der Waals surface area contributed by atoms with Crippen molar-refractivity contribution in [3.05, 3.63) is 47.3 Å². The van der Waals surface area contributed by atoms with E-state index in [1.165, 1.54) is 12.4 Å². The van der Waals surface area contributed by atoms with Crippen molar-refractivity contribution in [3.63, 3.8) is 0 Å². The molecule has 0 radical (unpaired) electrons. The molecule has 0 saturated heterocycles. The Hall–Kier alpha value is -1.75. The topological polar surface area (TPSA) is 56.7 Å². The Balaban J connectivity index is 2.43. The first-order valence-corrected chi connectivity index (χ1v) is 5.52. The number of nitrogens with two attached hydrogens (primary N) is 1. The summed E-state index contributed by atoms with van der Waals surface area (Å²) < 4.78 is 15.4. The first-order valence-electron chi connectivity index (χ1n) is 5.52. The van der Waals surface area contributed by atoms with E-state index in [9.17, 15) is 4.39 Å². The average Bonchev–Trinajstić information content (AvgIpc) is 2.79. The molecule has 0 aliphatic rings. The smallest absolute Gasteiger partial charge is 0.148 e. The highest BCUT2D eigenvalue weighted by molar-refractivity contribution is 5.30. The number of nitrogens with zero attached hydrogens (tertiary/aromatic N) is 3. The number of aryl methyl sites for hydroxylation is 2. The van der Waals surface area contributed by atoms with Crippen LogP contribution in [-0.2, 0) is 6.54 Å². The van der Waals surface area contributed by atoms with Gasteiger partial charge >= 0.3 is 0 Å². The van der Waals surface area contributed by atoms with Crippen molar-refractivity contribution in [1.82, 2.24) is 14.8 Å². The van der Waals surface area contributed by atoms with Crippen molar-refractivity contribution in [3.8, 4) is 0 Å². The molecule has 1 heterocycles. The van der Waals surface area contributed by atoms with Crippen LogP contribution in [0.1, 0.15) is 29.9 Å². The van der Waals surface area contributed by atoms with E-state index in [-0.39, 0.29) is 5.82 Å². The van der Waals surface area contributed by atoms with E-state index < -0.39 is 6.04 Å². The quantitative estimate of drug-likeness (QED) is 0.880. The number of halogens is 1.